The van der Waals surface area contributed by atoms with E-state index in [2.05, 4.69) is 10.2 Å². The van der Waals surface area contributed by atoms with Crippen LogP contribution in [0.15, 0.2) is 101 Å². The molecule has 0 radical (unpaired) electrons. The van der Waals surface area contributed by atoms with Gasteiger partial charge in [-0.15, -0.1) is 4.80 Å². The number of nitrogens with zero attached hydrogens (tertiary/aromatic N) is 5. The molecule has 1 aliphatic rings. The van der Waals surface area contributed by atoms with E-state index in [-0.39, 0.29) is 30.2 Å². The first-order chi connectivity index (χ1) is 28.1. The summed E-state index contributed by atoms with van der Waals surface area (Å²) in [5.41, 5.74) is -2.33. The Kier molecular flexibility index (Phi) is 11.6. The number of benzene rings is 3. The molecule has 1 atom stereocenters. The molecule has 3 aromatic heterocycles. The first kappa shape index (κ1) is 41.8. The van der Waals surface area contributed by atoms with Gasteiger partial charge in [-0.2, -0.15) is 10.2 Å². The number of aromatic nitrogens is 5. The predicted octanol–water partition coefficient (Wildman–Crippen LogP) is 5.76. The third-order valence-corrected chi connectivity index (χ3v) is 17.5. The number of ether oxygens (including phenoxy) is 2. The lowest BCUT2D eigenvalue weighted by molar-refractivity contribution is -0.127. The normalized spacial score (nSPS) is 14.8. The second kappa shape index (κ2) is 16.4. The maximum atomic E-state index is 15.2. The average Bonchev–Trinajstić information content (AvgIpc) is 3.88. The van der Waals surface area contributed by atoms with Gasteiger partial charge in [0.2, 0.25) is 0 Å². The second-order valence-corrected chi connectivity index (χ2v) is 21.2. The molecular formula is C44H48FN5O7SSi. The molecule has 1 fully saturated rings. The van der Waals surface area contributed by atoms with Crippen molar-refractivity contribution in [1.29, 1.82) is 0 Å². The van der Waals surface area contributed by atoms with Gasteiger partial charge in [0.25, 0.3) is 13.9 Å². The number of hydrogen-bond donors (Lipinski definition) is 1. The molecule has 59 heavy (non-hydrogen) atoms. The average molecular weight is 838 g/mol. The van der Waals surface area contributed by atoms with Gasteiger partial charge in [-0.05, 0) is 67.2 Å². The van der Waals surface area contributed by atoms with Crippen molar-refractivity contribution in [3.05, 3.63) is 129 Å². The van der Waals surface area contributed by atoms with E-state index in [0.29, 0.717) is 52.4 Å². The van der Waals surface area contributed by atoms with Crippen LogP contribution in [0.25, 0.3) is 15.2 Å². The van der Waals surface area contributed by atoms with Gasteiger partial charge in [0, 0.05) is 30.4 Å². The Morgan fingerprint density at radius 1 is 0.949 bits per heavy atom. The summed E-state index contributed by atoms with van der Waals surface area (Å²) in [5, 5.41) is 9.69. The third-order valence-electron chi connectivity index (χ3n) is 11.7. The molecule has 1 aliphatic carbocycles. The highest BCUT2D eigenvalue weighted by Crippen LogP contribution is 2.41. The Morgan fingerprint density at radius 2 is 1.54 bits per heavy atom. The maximum absolute atomic E-state index is 15.2. The number of ketones is 2. The molecule has 1 saturated carbocycles. The van der Waals surface area contributed by atoms with E-state index in [1.54, 1.807) is 20.8 Å². The maximum Gasteiger partial charge on any atom is 0.333 e. The van der Waals surface area contributed by atoms with Crippen LogP contribution in [0.2, 0.25) is 5.04 Å². The molecule has 15 heteroatoms. The van der Waals surface area contributed by atoms with Gasteiger partial charge < -0.3 is 14.3 Å². The predicted molar refractivity (Wildman–Crippen MR) is 227 cm³/mol. The molecular weight excluding hydrogens is 790 g/mol. The first-order valence-corrected chi connectivity index (χ1v) is 22.4. The highest BCUT2D eigenvalue weighted by Gasteiger charge is 2.52. The first-order valence-electron chi connectivity index (χ1n) is 19.6. The minimum atomic E-state index is -3.68. The van der Waals surface area contributed by atoms with E-state index in [9.17, 15) is 19.2 Å². The van der Waals surface area contributed by atoms with E-state index in [1.807, 2.05) is 74.5 Å². The van der Waals surface area contributed by atoms with Crippen LogP contribution < -0.4 is 26.4 Å². The van der Waals surface area contributed by atoms with Gasteiger partial charge in [-0.1, -0.05) is 85.8 Å². The van der Waals surface area contributed by atoms with Crippen molar-refractivity contribution in [3.8, 4) is 10.8 Å². The summed E-state index contributed by atoms with van der Waals surface area (Å²) in [4.78, 5) is 71.7. The van der Waals surface area contributed by atoms with E-state index < -0.39 is 47.8 Å². The smallest absolute Gasteiger partial charge is 0.333 e. The van der Waals surface area contributed by atoms with Crippen LogP contribution >= 0.6 is 11.3 Å². The van der Waals surface area contributed by atoms with Crippen LogP contribution in [-0.4, -0.2) is 62.0 Å². The lowest BCUT2D eigenvalue weighted by Gasteiger charge is -2.42. The molecule has 3 aromatic carbocycles. The summed E-state index contributed by atoms with van der Waals surface area (Å²) in [6.07, 6.45) is 3.03. The molecule has 3 heterocycles. The molecule has 0 aliphatic heterocycles. The number of thiophene rings is 1. The summed E-state index contributed by atoms with van der Waals surface area (Å²) in [6.45, 7) is 8.36. The van der Waals surface area contributed by atoms with Crippen LogP contribution in [0, 0.1) is 12.7 Å². The summed E-state index contributed by atoms with van der Waals surface area (Å²) in [7, 11) is -2.22. The third kappa shape index (κ3) is 7.68. The van der Waals surface area contributed by atoms with Crippen LogP contribution in [0.3, 0.4) is 0 Å². The largest absolute Gasteiger partial charge is 0.496 e. The number of Topliss-reactive ketones (excluding diaryl/α,β-unsaturated/α-hetero) is 2. The standard InChI is InChI=1S/C44H48FN5O7SSi/c1-28-38-39(53)49(44(4,5)37(52)26-43(2,3)59(55,32-13-9-7-10-14-32)33-15-11-8-12-16-33)42(54)48(41(38)58-40(28)50-46-23-24-47-50)27-36(57-31-20-18-30(51)19-21-31)34-25-29(45)17-22-35(34)56-6/h7-17,22-25,31,36,55H,18-21,26-27H2,1-6H3/t36-/m0/s1. The minimum Gasteiger partial charge on any atom is -0.496 e. The molecule has 0 spiro atoms. The summed E-state index contributed by atoms with van der Waals surface area (Å²) in [6, 6.07) is 22.7. The van der Waals surface area contributed by atoms with Crippen LogP contribution in [0.4, 0.5) is 4.39 Å². The molecule has 0 amide bonds. The fourth-order valence-electron chi connectivity index (χ4n) is 8.30. The lowest BCUT2D eigenvalue weighted by atomic mass is 9.91. The van der Waals surface area contributed by atoms with Crippen molar-refractivity contribution in [2.75, 3.05) is 7.11 Å². The van der Waals surface area contributed by atoms with E-state index in [1.165, 1.54) is 47.1 Å². The Morgan fingerprint density at radius 3 is 2.12 bits per heavy atom. The fraction of sp³-hybridized carbons (Fsp3) is 0.364. The van der Waals surface area contributed by atoms with Crippen molar-refractivity contribution in [2.45, 2.75) is 96.1 Å². The number of aryl methyl sites for hydroxylation is 1. The van der Waals surface area contributed by atoms with Gasteiger partial charge in [-0.25, -0.2) is 13.8 Å². The molecule has 0 unspecified atom stereocenters. The molecule has 1 N–H and O–H groups in total. The van der Waals surface area contributed by atoms with Gasteiger partial charge >= 0.3 is 5.69 Å². The lowest BCUT2D eigenvalue weighted by Crippen LogP contribution is -2.66. The Balaban J connectivity index is 1.39. The molecule has 308 valence electrons. The fourth-order valence-corrected chi connectivity index (χ4v) is 13.2. The van der Waals surface area contributed by atoms with Gasteiger partial charge in [0.15, 0.2) is 5.78 Å². The van der Waals surface area contributed by atoms with Crippen LogP contribution in [0.1, 0.15) is 77.0 Å². The Bertz CT molecular complexity index is 2570. The Labute approximate surface area is 346 Å². The number of fused-ring (bicyclic) bond motifs is 1. The summed E-state index contributed by atoms with van der Waals surface area (Å²) < 4.78 is 29.8. The summed E-state index contributed by atoms with van der Waals surface area (Å²) in [5.74, 6) is -0.513. The van der Waals surface area contributed by atoms with E-state index in [4.69, 9.17) is 9.47 Å². The van der Waals surface area contributed by atoms with Gasteiger partial charge in [-0.3, -0.25) is 19.0 Å². The molecule has 0 saturated heterocycles. The zero-order chi connectivity index (χ0) is 42.3. The number of hydrogen-bond acceptors (Lipinski definition) is 10. The zero-order valence-corrected chi connectivity index (χ0v) is 35.8. The van der Waals surface area contributed by atoms with Gasteiger partial charge in [0.05, 0.1) is 37.5 Å². The number of carbonyl (C=O) groups excluding carboxylic acids is 2. The quantitative estimate of drug-likeness (QED) is 0.135. The highest BCUT2D eigenvalue weighted by atomic mass is 32.1. The Hall–Kier alpha value is -5.35. The summed E-state index contributed by atoms with van der Waals surface area (Å²) >= 11 is 1.14. The zero-order valence-electron chi connectivity index (χ0n) is 34.0. The van der Waals surface area contributed by atoms with Crippen LogP contribution in [-0.2, 0) is 26.4 Å². The monoisotopic (exact) mass is 837 g/mol. The number of methoxy groups -OCH3 is 1. The molecule has 0 bridgehead atoms. The molecule has 7 rings (SSSR count). The molecule has 6 aromatic rings. The van der Waals surface area contributed by atoms with Crippen molar-refractivity contribution in [3.63, 3.8) is 0 Å². The van der Waals surface area contributed by atoms with Crippen LogP contribution in [0.5, 0.6) is 5.75 Å². The van der Waals surface area contributed by atoms with Gasteiger partial charge in [0.1, 0.15) is 38.8 Å². The van der Waals surface area contributed by atoms with Crippen molar-refractivity contribution in [2.24, 2.45) is 0 Å². The topological polar surface area (TPSA) is 148 Å². The second-order valence-electron chi connectivity index (χ2n) is 16.3. The highest BCUT2D eigenvalue weighted by molar-refractivity contribution is 7.21. The van der Waals surface area contributed by atoms with Crippen molar-refractivity contribution < 1.29 is 28.2 Å². The van der Waals surface area contributed by atoms with E-state index in [0.717, 1.165) is 26.3 Å². The number of halogens is 1. The van der Waals surface area contributed by atoms with Crippen molar-refractivity contribution in [1.82, 2.24) is 24.1 Å². The molecule has 12 nitrogen and oxygen atoms in total. The minimum absolute atomic E-state index is 0.132. The van der Waals surface area contributed by atoms with E-state index >= 15 is 9.18 Å². The number of carbonyl (C=O) groups is 2. The van der Waals surface area contributed by atoms with Crippen molar-refractivity contribution >= 4 is 51.8 Å². The number of rotatable bonds is 14. The SMILES string of the molecule is COc1ccc(F)cc1[C@H](Cn1c(=O)n(C(C)(C)C(=O)CC(C)(C)[Si](O)(c2ccccc2)c2ccccc2)c(=O)c2c(C)c(-n3nccn3)sc21)OC1CCC(=O)CC1.